The van der Waals surface area contributed by atoms with Crippen molar-refractivity contribution in [3.8, 4) is 0 Å². The standard InChI is InChI=1S/C12H23N3S/c1-4-15(5-2)9-8-13-7-6-12-11(3)14-10-16-12/h10,13H,4-9H2,1-3H3. The van der Waals surface area contributed by atoms with Crippen molar-refractivity contribution in [3.63, 3.8) is 0 Å². The van der Waals surface area contributed by atoms with Gasteiger partial charge in [0.25, 0.3) is 0 Å². The molecule has 0 fully saturated rings. The fourth-order valence-electron chi connectivity index (χ4n) is 1.67. The second-order valence-electron chi connectivity index (χ2n) is 3.89. The molecule has 0 saturated carbocycles. The SMILES string of the molecule is CCN(CC)CCNCCc1scnc1C. The highest BCUT2D eigenvalue weighted by Gasteiger charge is 2.01. The summed E-state index contributed by atoms with van der Waals surface area (Å²) < 4.78 is 0. The zero-order valence-corrected chi connectivity index (χ0v) is 11.4. The van der Waals surface area contributed by atoms with Gasteiger partial charge >= 0.3 is 0 Å². The van der Waals surface area contributed by atoms with Crippen LogP contribution in [0.5, 0.6) is 0 Å². The number of nitrogens with zero attached hydrogens (tertiary/aromatic N) is 2. The van der Waals surface area contributed by atoms with Gasteiger partial charge in [0.15, 0.2) is 0 Å². The van der Waals surface area contributed by atoms with Crippen LogP contribution in [-0.2, 0) is 6.42 Å². The van der Waals surface area contributed by atoms with Crippen LogP contribution >= 0.6 is 11.3 Å². The molecular weight excluding hydrogens is 218 g/mol. The predicted octanol–water partition coefficient (Wildman–Crippen LogP) is 1.93. The molecule has 0 bridgehead atoms. The smallest absolute Gasteiger partial charge is 0.0797 e. The third-order valence-corrected chi connectivity index (χ3v) is 3.87. The van der Waals surface area contributed by atoms with Gasteiger partial charge in [0.1, 0.15) is 0 Å². The summed E-state index contributed by atoms with van der Waals surface area (Å²) in [5, 5.41) is 3.49. The normalized spacial score (nSPS) is 11.2. The molecule has 0 aliphatic heterocycles. The van der Waals surface area contributed by atoms with Gasteiger partial charge in [-0.2, -0.15) is 0 Å². The van der Waals surface area contributed by atoms with Gasteiger partial charge in [-0.1, -0.05) is 13.8 Å². The van der Waals surface area contributed by atoms with E-state index in [2.05, 4.69) is 36.0 Å². The summed E-state index contributed by atoms with van der Waals surface area (Å²) in [6.45, 7) is 12.1. The lowest BCUT2D eigenvalue weighted by Crippen LogP contribution is -2.32. The highest BCUT2D eigenvalue weighted by molar-refractivity contribution is 7.09. The Labute approximate surface area is 103 Å². The van der Waals surface area contributed by atoms with E-state index in [4.69, 9.17) is 0 Å². The molecule has 1 aromatic heterocycles. The first kappa shape index (κ1) is 13.6. The molecule has 0 spiro atoms. The van der Waals surface area contributed by atoms with E-state index in [1.165, 1.54) is 10.6 Å². The second kappa shape index (κ2) is 7.76. The number of rotatable bonds is 8. The van der Waals surface area contributed by atoms with Crippen molar-refractivity contribution in [1.29, 1.82) is 0 Å². The number of likely N-dealkylation sites (N-methyl/N-ethyl adjacent to an activating group) is 1. The maximum Gasteiger partial charge on any atom is 0.0797 e. The van der Waals surface area contributed by atoms with E-state index in [9.17, 15) is 0 Å². The summed E-state index contributed by atoms with van der Waals surface area (Å²) in [7, 11) is 0. The Balaban J connectivity index is 2.06. The van der Waals surface area contributed by atoms with E-state index in [0.29, 0.717) is 0 Å². The van der Waals surface area contributed by atoms with Crippen LogP contribution < -0.4 is 5.32 Å². The Hall–Kier alpha value is -0.450. The fourth-order valence-corrected chi connectivity index (χ4v) is 2.45. The number of aromatic nitrogens is 1. The Kier molecular flexibility index (Phi) is 6.61. The molecular formula is C12H23N3S. The molecule has 0 aliphatic rings. The highest BCUT2D eigenvalue weighted by atomic mass is 32.1. The van der Waals surface area contributed by atoms with Crippen molar-refractivity contribution < 1.29 is 0 Å². The Morgan fingerprint density at radius 3 is 2.62 bits per heavy atom. The van der Waals surface area contributed by atoms with Crippen molar-refractivity contribution in [3.05, 3.63) is 16.1 Å². The van der Waals surface area contributed by atoms with Crippen LogP contribution in [0.15, 0.2) is 5.51 Å². The molecule has 4 heteroatoms. The third kappa shape index (κ3) is 4.60. The topological polar surface area (TPSA) is 28.2 Å². The number of nitrogens with one attached hydrogen (secondary N) is 1. The van der Waals surface area contributed by atoms with Crippen LogP contribution in [0.1, 0.15) is 24.4 Å². The maximum absolute atomic E-state index is 4.25. The Morgan fingerprint density at radius 2 is 2.06 bits per heavy atom. The molecule has 0 radical (unpaired) electrons. The summed E-state index contributed by atoms with van der Waals surface area (Å²) in [5.74, 6) is 0. The first-order chi connectivity index (χ1) is 7.77. The van der Waals surface area contributed by atoms with Crippen LogP contribution in [0, 0.1) is 6.92 Å². The van der Waals surface area contributed by atoms with Gasteiger partial charge in [-0.25, -0.2) is 4.98 Å². The average molecular weight is 241 g/mol. The van der Waals surface area contributed by atoms with Crippen molar-refractivity contribution >= 4 is 11.3 Å². The molecule has 1 heterocycles. The van der Waals surface area contributed by atoms with Crippen LogP contribution in [-0.4, -0.2) is 42.6 Å². The van der Waals surface area contributed by atoms with Crippen molar-refractivity contribution in [1.82, 2.24) is 15.2 Å². The zero-order valence-electron chi connectivity index (χ0n) is 10.6. The van der Waals surface area contributed by atoms with E-state index in [1.807, 2.05) is 5.51 Å². The van der Waals surface area contributed by atoms with E-state index >= 15 is 0 Å². The van der Waals surface area contributed by atoms with Crippen molar-refractivity contribution in [2.75, 3.05) is 32.7 Å². The predicted molar refractivity (Wildman–Crippen MR) is 71.2 cm³/mol. The summed E-state index contributed by atoms with van der Waals surface area (Å²) in [4.78, 5) is 8.10. The highest BCUT2D eigenvalue weighted by Crippen LogP contribution is 2.11. The van der Waals surface area contributed by atoms with Crippen LogP contribution in [0.3, 0.4) is 0 Å². The second-order valence-corrected chi connectivity index (χ2v) is 4.83. The molecule has 92 valence electrons. The van der Waals surface area contributed by atoms with Crippen LogP contribution in [0.4, 0.5) is 0 Å². The molecule has 0 saturated heterocycles. The molecule has 0 aromatic carbocycles. The minimum Gasteiger partial charge on any atom is -0.315 e. The minimum absolute atomic E-state index is 1.06. The van der Waals surface area contributed by atoms with E-state index in [0.717, 1.165) is 39.1 Å². The molecule has 1 N–H and O–H groups in total. The molecule has 16 heavy (non-hydrogen) atoms. The Bertz CT molecular complexity index is 282. The van der Waals surface area contributed by atoms with Gasteiger partial charge in [0.2, 0.25) is 0 Å². The molecule has 3 nitrogen and oxygen atoms in total. The van der Waals surface area contributed by atoms with E-state index < -0.39 is 0 Å². The molecule has 0 atom stereocenters. The van der Waals surface area contributed by atoms with Crippen LogP contribution in [0.25, 0.3) is 0 Å². The largest absolute Gasteiger partial charge is 0.315 e. The van der Waals surface area contributed by atoms with Gasteiger partial charge in [-0.05, 0) is 26.4 Å². The summed E-state index contributed by atoms with van der Waals surface area (Å²) >= 11 is 1.76. The van der Waals surface area contributed by atoms with Crippen LogP contribution in [0.2, 0.25) is 0 Å². The fraction of sp³-hybridized carbons (Fsp3) is 0.750. The first-order valence-corrected chi connectivity index (χ1v) is 6.97. The summed E-state index contributed by atoms with van der Waals surface area (Å²) in [6, 6.07) is 0. The molecule has 0 amide bonds. The minimum atomic E-state index is 1.06. The van der Waals surface area contributed by atoms with Crippen molar-refractivity contribution in [2.24, 2.45) is 0 Å². The molecule has 1 rings (SSSR count). The number of thiazole rings is 1. The first-order valence-electron chi connectivity index (χ1n) is 6.10. The average Bonchev–Trinajstić information content (AvgIpc) is 2.70. The number of hydrogen-bond donors (Lipinski definition) is 1. The molecule has 1 aromatic rings. The van der Waals surface area contributed by atoms with Gasteiger partial charge in [0, 0.05) is 24.5 Å². The number of aryl methyl sites for hydroxylation is 1. The van der Waals surface area contributed by atoms with Crippen molar-refractivity contribution in [2.45, 2.75) is 27.2 Å². The monoisotopic (exact) mass is 241 g/mol. The lowest BCUT2D eigenvalue weighted by Gasteiger charge is -2.17. The maximum atomic E-state index is 4.25. The molecule has 0 aliphatic carbocycles. The quantitative estimate of drug-likeness (QED) is 0.705. The van der Waals surface area contributed by atoms with E-state index in [1.54, 1.807) is 11.3 Å². The van der Waals surface area contributed by atoms with Gasteiger partial charge in [0.05, 0.1) is 11.2 Å². The van der Waals surface area contributed by atoms with E-state index in [-0.39, 0.29) is 0 Å². The third-order valence-electron chi connectivity index (χ3n) is 2.87. The van der Waals surface area contributed by atoms with Gasteiger partial charge < -0.3 is 10.2 Å². The lowest BCUT2D eigenvalue weighted by atomic mass is 10.3. The number of hydrogen-bond acceptors (Lipinski definition) is 4. The Morgan fingerprint density at radius 1 is 1.31 bits per heavy atom. The molecule has 0 unspecified atom stereocenters. The van der Waals surface area contributed by atoms with Gasteiger partial charge in [-0.3, -0.25) is 0 Å². The summed E-state index contributed by atoms with van der Waals surface area (Å²) in [6.07, 6.45) is 1.11. The zero-order chi connectivity index (χ0) is 11.8. The summed E-state index contributed by atoms with van der Waals surface area (Å²) in [5.41, 5.74) is 3.12. The van der Waals surface area contributed by atoms with Gasteiger partial charge in [-0.15, -0.1) is 11.3 Å². The lowest BCUT2D eigenvalue weighted by molar-refractivity contribution is 0.303.